The molecule has 118 valence electrons. The molecule has 4 aromatic rings. The Kier molecular flexibility index (Phi) is 3.31. The van der Waals surface area contributed by atoms with Gasteiger partial charge in [-0.15, -0.1) is 5.10 Å². The third-order valence-corrected chi connectivity index (χ3v) is 4.36. The summed E-state index contributed by atoms with van der Waals surface area (Å²) in [4.78, 5) is 4.60. The summed E-state index contributed by atoms with van der Waals surface area (Å²) in [5.74, 6) is 0.483. The highest BCUT2D eigenvalue weighted by Crippen LogP contribution is 2.26. The van der Waals surface area contributed by atoms with Gasteiger partial charge in [-0.1, -0.05) is 42.5 Å². The molecule has 0 fully saturated rings. The molecule has 0 aliphatic heterocycles. The van der Waals surface area contributed by atoms with Gasteiger partial charge in [0, 0.05) is 5.56 Å². The van der Waals surface area contributed by atoms with Crippen molar-refractivity contribution in [3.05, 3.63) is 71.9 Å². The minimum Gasteiger partial charge on any atom is -0.382 e. The summed E-state index contributed by atoms with van der Waals surface area (Å²) in [6.07, 6.45) is 1.90. The molecule has 0 radical (unpaired) electrons. The summed E-state index contributed by atoms with van der Waals surface area (Å²) in [5.41, 5.74) is 13.5. The molecule has 2 heterocycles. The monoisotopic (exact) mass is 314 g/mol. The molecule has 0 atom stereocenters. The van der Waals surface area contributed by atoms with Crippen molar-refractivity contribution < 1.29 is 0 Å². The average molecular weight is 314 g/mol. The van der Waals surface area contributed by atoms with Crippen molar-refractivity contribution in [2.75, 3.05) is 5.73 Å². The fraction of sp³-hybridized carbons (Fsp3) is 0.100. The van der Waals surface area contributed by atoms with Gasteiger partial charge in [-0.3, -0.25) is 0 Å². The van der Waals surface area contributed by atoms with Crippen LogP contribution < -0.4 is 5.73 Å². The maximum absolute atomic E-state index is 5.72. The Balaban J connectivity index is 1.70. The van der Waals surface area contributed by atoms with E-state index in [4.69, 9.17) is 5.73 Å². The van der Waals surface area contributed by atoms with Gasteiger partial charge in [-0.05, 0) is 48.2 Å². The van der Waals surface area contributed by atoms with E-state index < -0.39 is 0 Å². The van der Waals surface area contributed by atoms with Crippen molar-refractivity contribution in [2.45, 2.75) is 13.8 Å². The molecule has 4 nitrogen and oxygen atoms in total. The van der Waals surface area contributed by atoms with Gasteiger partial charge in [0.1, 0.15) is 5.82 Å². The molecule has 4 heteroatoms. The highest BCUT2D eigenvalue weighted by molar-refractivity contribution is 5.70. The lowest BCUT2D eigenvalue weighted by Gasteiger charge is -2.06. The molecular weight excluding hydrogens is 296 g/mol. The number of nitrogen functional groups attached to an aromatic ring is 1. The molecule has 0 amide bonds. The van der Waals surface area contributed by atoms with Crippen LogP contribution >= 0.6 is 0 Å². The molecule has 2 N–H and O–H groups in total. The van der Waals surface area contributed by atoms with Crippen LogP contribution in [0.5, 0.6) is 0 Å². The number of anilines is 1. The number of imidazole rings is 1. The number of fused-ring (bicyclic) bond motifs is 1. The lowest BCUT2D eigenvalue weighted by molar-refractivity contribution is 0.946. The quantitative estimate of drug-likeness (QED) is 0.601. The largest absolute Gasteiger partial charge is 0.382 e. The van der Waals surface area contributed by atoms with Crippen LogP contribution in [0.1, 0.15) is 11.1 Å². The SMILES string of the molecule is Cc1ccc(-c2ccc(-c3cn4nc(N)ccc4n3)cc2)cc1C. The third-order valence-electron chi connectivity index (χ3n) is 4.36. The van der Waals surface area contributed by atoms with Gasteiger partial charge in [0.05, 0.1) is 11.9 Å². The molecule has 0 aliphatic rings. The molecule has 0 aliphatic carbocycles. The Bertz CT molecular complexity index is 1030. The van der Waals surface area contributed by atoms with Crippen molar-refractivity contribution >= 4 is 11.5 Å². The number of hydrogen-bond acceptors (Lipinski definition) is 3. The van der Waals surface area contributed by atoms with Gasteiger partial charge in [0.2, 0.25) is 0 Å². The summed E-state index contributed by atoms with van der Waals surface area (Å²) >= 11 is 0. The zero-order chi connectivity index (χ0) is 16.7. The van der Waals surface area contributed by atoms with Crippen LogP contribution in [0, 0.1) is 13.8 Å². The van der Waals surface area contributed by atoms with Gasteiger partial charge in [0.25, 0.3) is 0 Å². The molecule has 2 aromatic carbocycles. The molecule has 0 saturated carbocycles. The second-order valence-corrected chi connectivity index (χ2v) is 6.06. The first-order valence-corrected chi connectivity index (χ1v) is 7.90. The van der Waals surface area contributed by atoms with E-state index in [1.54, 1.807) is 10.6 Å². The lowest BCUT2D eigenvalue weighted by Crippen LogP contribution is -1.95. The predicted octanol–water partition coefficient (Wildman–Crippen LogP) is 4.26. The van der Waals surface area contributed by atoms with Crippen LogP contribution in [0.25, 0.3) is 28.0 Å². The van der Waals surface area contributed by atoms with Crippen LogP contribution in [0.3, 0.4) is 0 Å². The fourth-order valence-electron chi connectivity index (χ4n) is 2.79. The van der Waals surface area contributed by atoms with Crippen LogP contribution in [0.4, 0.5) is 5.82 Å². The molecular formula is C20H18N4. The van der Waals surface area contributed by atoms with Gasteiger partial charge >= 0.3 is 0 Å². The highest BCUT2D eigenvalue weighted by atomic mass is 15.3. The number of benzene rings is 2. The van der Waals surface area contributed by atoms with E-state index in [0.29, 0.717) is 5.82 Å². The van der Waals surface area contributed by atoms with Gasteiger partial charge in [0.15, 0.2) is 5.65 Å². The van der Waals surface area contributed by atoms with Crippen molar-refractivity contribution in [1.29, 1.82) is 0 Å². The zero-order valence-electron chi connectivity index (χ0n) is 13.7. The zero-order valence-corrected chi connectivity index (χ0v) is 13.7. The third kappa shape index (κ3) is 2.52. The van der Waals surface area contributed by atoms with Crippen LogP contribution in [0.15, 0.2) is 60.8 Å². The van der Waals surface area contributed by atoms with E-state index in [9.17, 15) is 0 Å². The normalized spacial score (nSPS) is 11.1. The van der Waals surface area contributed by atoms with E-state index in [0.717, 1.165) is 16.9 Å². The van der Waals surface area contributed by atoms with E-state index in [1.807, 2.05) is 12.3 Å². The van der Waals surface area contributed by atoms with E-state index >= 15 is 0 Å². The first-order chi connectivity index (χ1) is 11.6. The van der Waals surface area contributed by atoms with Crippen molar-refractivity contribution in [3.63, 3.8) is 0 Å². The number of nitrogens with zero attached hydrogens (tertiary/aromatic N) is 3. The number of nitrogens with two attached hydrogens (primary N) is 1. The second-order valence-electron chi connectivity index (χ2n) is 6.06. The van der Waals surface area contributed by atoms with Crippen molar-refractivity contribution in [3.8, 4) is 22.4 Å². The van der Waals surface area contributed by atoms with E-state index in [2.05, 4.69) is 66.4 Å². The standard InChI is InChI=1S/C20H18N4/c1-13-3-4-17(11-14(13)2)15-5-7-16(8-6-15)18-12-24-20(22-18)10-9-19(21)23-24/h3-12H,1-2H3,(H2,21,23). The van der Waals surface area contributed by atoms with Crippen LogP contribution in [0.2, 0.25) is 0 Å². The smallest absolute Gasteiger partial charge is 0.154 e. The molecule has 24 heavy (non-hydrogen) atoms. The number of rotatable bonds is 2. The topological polar surface area (TPSA) is 56.2 Å². The number of hydrogen-bond donors (Lipinski definition) is 1. The Morgan fingerprint density at radius 3 is 2.25 bits per heavy atom. The summed E-state index contributed by atoms with van der Waals surface area (Å²) in [6.45, 7) is 4.27. The Morgan fingerprint density at radius 2 is 1.50 bits per heavy atom. The molecule has 2 aromatic heterocycles. The first kappa shape index (κ1) is 14.5. The maximum atomic E-state index is 5.72. The summed E-state index contributed by atoms with van der Waals surface area (Å²) < 4.78 is 1.71. The summed E-state index contributed by atoms with van der Waals surface area (Å²) in [6, 6.07) is 18.6. The van der Waals surface area contributed by atoms with Gasteiger partial charge < -0.3 is 5.73 Å². The maximum Gasteiger partial charge on any atom is 0.154 e. The van der Waals surface area contributed by atoms with Gasteiger partial charge in [-0.25, -0.2) is 9.50 Å². The minimum absolute atomic E-state index is 0.483. The van der Waals surface area contributed by atoms with Crippen molar-refractivity contribution in [1.82, 2.24) is 14.6 Å². The van der Waals surface area contributed by atoms with Crippen LogP contribution in [-0.2, 0) is 0 Å². The summed E-state index contributed by atoms with van der Waals surface area (Å²) in [5, 5.41) is 4.24. The Labute approximate surface area is 140 Å². The highest BCUT2D eigenvalue weighted by Gasteiger charge is 2.06. The molecule has 0 unspecified atom stereocenters. The number of aromatic nitrogens is 3. The van der Waals surface area contributed by atoms with E-state index in [1.165, 1.54) is 22.3 Å². The lowest BCUT2D eigenvalue weighted by atomic mass is 9.99. The second kappa shape index (κ2) is 5.49. The number of aryl methyl sites for hydroxylation is 2. The molecule has 0 spiro atoms. The summed E-state index contributed by atoms with van der Waals surface area (Å²) in [7, 11) is 0. The van der Waals surface area contributed by atoms with Crippen LogP contribution in [-0.4, -0.2) is 14.6 Å². The minimum atomic E-state index is 0.483. The average Bonchev–Trinajstić information content (AvgIpc) is 3.00. The fourth-order valence-corrected chi connectivity index (χ4v) is 2.79. The Morgan fingerprint density at radius 1 is 0.792 bits per heavy atom. The Hall–Kier alpha value is -3.14. The van der Waals surface area contributed by atoms with Crippen molar-refractivity contribution in [2.24, 2.45) is 0 Å². The molecule has 0 bridgehead atoms. The predicted molar refractivity (Wildman–Crippen MR) is 97.7 cm³/mol. The first-order valence-electron chi connectivity index (χ1n) is 7.90. The van der Waals surface area contributed by atoms with Gasteiger partial charge in [-0.2, -0.15) is 0 Å². The van der Waals surface area contributed by atoms with E-state index in [-0.39, 0.29) is 0 Å². The molecule has 4 rings (SSSR count). The molecule has 0 saturated heterocycles.